The summed E-state index contributed by atoms with van der Waals surface area (Å²) in [6, 6.07) is 14.9. The fourth-order valence-corrected chi connectivity index (χ4v) is 4.05. The summed E-state index contributed by atoms with van der Waals surface area (Å²) >= 11 is 1.82. The number of benzene rings is 2. The summed E-state index contributed by atoms with van der Waals surface area (Å²) in [5.41, 5.74) is 1.03. The SMILES string of the molecule is CCN(CC)CCC(O)c1ccc2sc3ccccc3c2c1. The highest BCUT2D eigenvalue weighted by atomic mass is 32.1. The molecule has 0 aliphatic rings. The Balaban J connectivity index is 1.86. The second-order valence-corrected chi connectivity index (χ2v) is 6.77. The summed E-state index contributed by atoms with van der Waals surface area (Å²) in [5, 5.41) is 13.1. The van der Waals surface area contributed by atoms with Crippen LogP contribution in [0.25, 0.3) is 20.2 Å². The summed E-state index contributed by atoms with van der Waals surface area (Å²) in [6.45, 7) is 7.35. The molecule has 0 fully saturated rings. The number of nitrogens with zero attached hydrogens (tertiary/aromatic N) is 1. The van der Waals surface area contributed by atoms with Crippen LogP contribution in [0, 0.1) is 0 Å². The van der Waals surface area contributed by atoms with E-state index in [4.69, 9.17) is 0 Å². The number of aliphatic hydroxyl groups is 1. The molecule has 0 radical (unpaired) electrons. The van der Waals surface area contributed by atoms with Crippen molar-refractivity contribution in [2.45, 2.75) is 26.4 Å². The first-order valence-electron chi connectivity index (χ1n) is 8.04. The lowest BCUT2D eigenvalue weighted by molar-refractivity contribution is 0.145. The first-order valence-corrected chi connectivity index (χ1v) is 8.86. The van der Waals surface area contributed by atoms with Gasteiger partial charge in [0.25, 0.3) is 0 Å². The van der Waals surface area contributed by atoms with Crippen LogP contribution in [0.4, 0.5) is 0 Å². The van der Waals surface area contributed by atoms with Crippen molar-refractivity contribution < 1.29 is 5.11 Å². The van der Waals surface area contributed by atoms with Gasteiger partial charge in [0.2, 0.25) is 0 Å². The Morgan fingerprint density at radius 1 is 1.00 bits per heavy atom. The minimum absolute atomic E-state index is 0.385. The zero-order valence-corrected chi connectivity index (χ0v) is 14.1. The topological polar surface area (TPSA) is 23.5 Å². The summed E-state index contributed by atoms with van der Waals surface area (Å²) in [6.07, 6.45) is 0.401. The Bertz CT molecular complexity index is 760. The molecule has 3 aromatic rings. The third kappa shape index (κ3) is 3.02. The van der Waals surface area contributed by atoms with E-state index >= 15 is 0 Å². The third-order valence-electron chi connectivity index (χ3n) is 4.40. The van der Waals surface area contributed by atoms with Crippen LogP contribution in [-0.4, -0.2) is 29.6 Å². The standard InChI is InChI=1S/C19H23NOS/c1-3-20(4-2)12-11-17(21)14-9-10-19-16(13-14)15-7-5-6-8-18(15)22-19/h5-10,13,17,21H,3-4,11-12H2,1-2H3. The molecule has 1 aromatic heterocycles. The van der Waals surface area contributed by atoms with Crippen molar-refractivity contribution in [2.24, 2.45) is 0 Å². The number of thiophene rings is 1. The number of aliphatic hydroxyl groups excluding tert-OH is 1. The van der Waals surface area contributed by atoms with Crippen LogP contribution in [0.15, 0.2) is 42.5 Å². The van der Waals surface area contributed by atoms with Crippen molar-refractivity contribution in [1.82, 2.24) is 4.90 Å². The predicted molar refractivity (Wildman–Crippen MR) is 96.7 cm³/mol. The molecule has 0 bridgehead atoms. The first-order chi connectivity index (χ1) is 10.7. The van der Waals surface area contributed by atoms with Gasteiger partial charge in [-0.15, -0.1) is 11.3 Å². The zero-order valence-electron chi connectivity index (χ0n) is 13.2. The summed E-state index contributed by atoms with van der Waals surface area (Å²) in [4.78, 5) is 2.35. The van der Waals surface area contributed by atoms with Gasteiger partial charge in [0.15, 0.2) is 0 Å². The predicted octanol–water partition coefficient (Wildman–Crippen LogP) is 4.82. The van der Waals surface area contributed by atoms with Crippen molar-refractivity contribution in [3.05, 3.63) is 48.0 Å². The number of hydrogen-bond acceptors (Lipinski definition) is 3. The van der Waals surface area contributed by atoms with Crippen molar-refractivity contribution >= 4 is 31.5 Å². The van der Waals surface area contributed by atoms with Gasteiger partial charge >= 0.3 is 0 Å². The van der Waals surface area contributed by atoms with Crippen LogP contribution < -0.4 is 0 Å². The van der Waals surface area contributed by atoms with Gasteiger partial charge in [-0.2, -0.15) is 0 Å². The lowest BCUT2D eigenvalue weighted by atomic mass is 10.0. The van der Waals surface area contributed by atoms with Gasteiger partial charge < -0.3 is 10.0 Å². The number of hydrogen-bond donors (Lipinski definition) is 1. The Morgan fingerprint density at radius 3 is 2.50 bits per heavy atom. The van der Waals surface area contributed by atoms with Gasteiger partial charge in [-0.05, 0) is 43.3 Å². The van der Waals surface area contributed by atoms with E-state index in [1.54, 1.807) is 0 Å². The Kier molecular flexibility index (Phi) is 4.77. The second-order valence-electron chi connectivity index (χ2n) is 5.69. The third-order valence-corrected chi connectivity index (χ3v) is 5.55. The maximum atomic E-state index is 10.5. The van der Waals surface area contributed by atoms with Crippen LogP contribution >= 0.6 is 11.3 Å². The highest BCUT2D eigenvalue weighted by molar-refractivity contribution is 7.25. The van der Waals surface area contributed by atoms with Gasteiger partial charge in [-0.3, -0.25) is 0 Å². The Labute approximate surface area is 136 Å². The number of fused-ring (bicyclic) bond motifs is 3. The van der Waals surface area contributed by atoms with Crippen LogP contribution in [-0.2, 0) is 0 Å². The maximum Gasteiger partial charge on any atom is 0.0802 e. The van der Waals surface area contributed by atoms with Crippen molar-refractivity contribution in [2.75, 3.05) is 19.6 Å². The van der Waals surface area contributed by atoms with E-state index in [9.17, 15) is 5.11 Å². The monoisotopic (exact) mass is 313 g/mol. The van der Waals surface area contributed by atoms with Gasteiger partial charge in [-0.1, -0.05) is 38.1 Å². The lowest BCUT2D eigenvalue weighted by Crippen LogP contribution is -2.25. The summed E-state index contributed by atoms with van der Waals surface area (Å²) < 4.78 is 2.60. The molecule has 3 heteroatoms. The molecule has 0 spiro atoms. The fraction of sp³-hybridized carbons (Fsp3) is 0.368. The minimum Gasteiger partial charge on any atom is -0.388 e. The molecule has 0 saturated carbocycles. The highest BCUT2D eigenvalue weighted by Crippen LogP contribution is 2.35. The van der Waals surface area contributed by atoms with Gasteiger partial charge in [-0.25, -0.2) is 0 Å². The van der Waals surface area contributed by atoms with Crippen LogP contribution in [0.1, 0.15) is 31.9 Å². The normalized spacial score (nSPS) is 13.3. The zero-order chi connectivity index (χ0) is 15.5. The largest absolute Gasteiger partial charge is 0.388 e. The van der Waals surface area contributed by atoms with Crippen LogP contribution in [0.5, 0.6) is 0 Å². The van der Waals surface area contributed by atoms with E-state index in [0.717, 1.165) is 31.6 Å². The molecule has 116 valence electrons. The maximum absolute atomic E-state index is 10.5. The van der Waals surface area contributed by atoms with E-state index < -0.39 is 0 Å². The van der Waals surface area contributed by atoms with Gasteiger partial charge in [0, 0.05) is 26.7 Å². The molecule has 0 aliphatic heterocycles. The van der Waals surface area contributed by atoms with E-state index in [2.05, 4.69) is 61.2 Å². The first kappa shape index (κ1) is 15.5. The molecule has 1 unspecified atom stereocenters. The van der Waals surface area contributed by atoms with Gasteiger partial charge in [0.1, 0.15) is 0 Å². The van der Waals surface area contributed by atoms with Crippen LogP contribution in [0.2, 0.25) is 0 Å². The molecule has 3 rings (SSSR count). The molecule has 0 amide bonds. The number of rotatable bonds is 6. The Hall–Kier alpha value is -1.42. The van der Waals surface area contributed by atoms with Crippen molar-refractivity contribution in [1.29, 1.82) is 0 Å². The molecule has 0 saturated heterocycles. The molecule has 2 aromatic carbocycles. The van der Waals surface area contributed by atoms with Crippen molar-refractivity contribution in [3.63, 3.8) is 0 Å². The van der Waals surface area contributed by atoms with E-state index in [1.807, 2.05) is 11.3 Å². The summed E-state index contributed by atoms with van der Waals surface area (Å²) in [7, 11) is 0. The molecule has 0 aliphatic carbocycles. The Morgan fingerprint density at radius 2 is 1.73 bits per heavy atom. The lowest BCUT2D eigenvalue weighted by Gasteiger charge is -2.20. The average Bonchev–Trinajstić information content (AvgIpc) is 2.93. The van der Waals surface area contributed by atoms with Crippen LogP contribution in [0.3, 0.4) is 0 Å². The molecule has 22 heavy (non-hydrogen) atoms. The van der Waals surface area contributed by atoms with Crippen molar-refractivity contribution in [3.8, 4) is 0 Å². The molecule has 1 heterocycles. The quantitative estimate of drug-likeness (QED) is 0.705. The van der Waals surface area contributed by atoms with E-state index in [1.165, 1.54) is 20.2 Å². The van der Waals surface area contributed by atoms with Gasteiger partial charge in [0.05, 0.1) is 6.10 Å². The highest BCUT2D eigenvalue weighted by Gasteiger charge is 2.12. The molecule has 2 nitrogen and oxygen atoms in total. The average molecular weight is 313 g/mol. The molecule has 1 atom stereocenters. The summed E-state index contributed by atoms with van der Waals surface area (Å²) in [5.74, 6) is 0. The molecular weight excluding hydrogens is 290 g/mol. The van der Waals surface area contributed by atoms with E-state index in [-0.39, 0.29) is 6.10 Å². The second kappa shape index (κ2) is 6.78. The molecule has 1 N–H and O–H groups in total. The molecular formula is C19H23NOS. The minimum atomic E-state index is -0.385. The fourth-order valence-electron chi connectivity index (χ4n) is 2.96. The smallest absolute Gasteiger partial charge is 0.0802 e. The van der Waals surface area contributed by atoms with E-state index in [0.29, 0.717) is 0 Å².